The maximum absolute atomic E-state index is 12.3. The summed E-state index contributed by atoms with van der Waals surface area (Å²) in [6, 6.07) is 13.3. The predicted molar refractivity (Wildman–Crippen MR) is 129 cm³/mol. The Bertz CT molecular complexity index is 872. The lowest BCUT2D eigenvalue weighted by Crippen LogP contribution is -2.33. The van der Waals surface area contributed by atoms with Crippen molar-refractivity contribution in [2.75, 3.05) is 24.7 Å². The van der Waals surface area contributed by atoms with Crippen LogP contribution in [0.25, 0.3) is 10.8 Å². The zero-order valence-electron chi connectivity index (χ0n) is 18.4. The predicted octanol–water partition coefficient (Wildman–Crippen LogP) is 6.52. The molecule has 1 aliphatic rings. The largest absolute Gasteiger partial charge is 0.377 e. The number of fused-ring (bicyclic) bond motifs is 1. The number of carbonyl (C=O) groups is 1. The van der Waals surface area contributed by atoms with Crippen LogP contribution in [-0.2, 0) is 11.2 Å². The van der Waals surface area contributed by atoms with Crippen LogP contribution in [0.3, 0.4) is 0 Å². The Morgan fingerprint density at radius 1 is 1.14 bits per heavy atom. The monoisotopic (exact) mass is 409 g/mol. The van der Waals surface area contributed by atoms with Gasteiger partial charge in [-0.2, -0.15) is 11.8 Å². The highest BCUT2D eigenvalue weighted by atomic mass is 32.2. The summed E-state index contributed by atoms with van der Waals surface area (Å²) < 4.78 is 0. The third-order valence-corrected chi connectivity index (χ3v) is 7.92. The first-order chi connectivity index (χ1) is 13.9. The zero-order chi connectivity index (χ0) is 21.0. The van der Waals surface area contributed by atoms with Crippen molar-refractivity contribution < 1.29 is 4.79 Å². The van der Waals surface area contributed by atoms with Crippen molar-refractivity contribution in [3.8, 4) is 0 Å². The first-order valence-corrected chi connectivity index (χ1v) is 11.9. The van der Waals surface area contributed by atoms with Crippen LogP contribution < -0.4 is 4.90 Å². The molecule has 29 heavy (non-hydrogen) atoms. The van der Waals surface area contributed by atoms with Gasteiger partial charge in [0.15, 0.2) is 0 Å². The molecule has 3 atom stereocenters. The van der Waals surface area contributed by atoms with Crippen LogP contribution in [0, 0.1) is 11.8 Å². The van der Waals surface area contributed by atoms with Crippen molar-refractivity contribution in [1.29, 1.82) is 0 Å². The molecule has 0 bridgehead atoms. The molecule has 2 aromatic rings. The Balaban J connectivity index is 1.54. The Kier molecular flexibility index (Phi) is 7.45. The molecule has 1 saturated carbocycles. The molecule has 0 saturated heterocycles. The molecule has 2 unspecified atom stereocenters. The molecule has 0 radical (unpaired) electrons. The molecule has 2 nitrogen and oxygen atoms in total. The van der Waals surface area contributed by atoms with Crippen LogP contribution in [0.5, 0.6) is 0 Å². The lowest BCUT2D eigenvalue weighted by molar-refractivity contribution is -0.124. The van der Waals surface area contributed by atoms with Gasteiger partial charge in [-0.15, -0.1) is 0 Å². The molecular weight excluding hydrogens is 374 g/mol. The fourth-order valence-corrected chi connectivity index (χ4v) is 5.89. The number of nitrogens with zero attached hydrogens (tertiary/aromatic N) is 1. The molecule has 1 fully saturated rings. The van der Waals surface area contributed by atoms with E-state index in [9.17, 15) is 4.79 Å². The summed E-state index contributed by atoms with van der Waals surface area (Å²) in [6.45, 7) is 8.28. The summed E-state index contributed by atoms with van der Waals surface area (Å²) in [5.41, 5.74) is 3.89. The quantitative estimate of drug-likeness (QED) is 0.365. The van der Waals surface area contributed by atoms with E-state index in [1.165, 1.54) is 40.4 Å². The Morgan fingerprint density at radius 2 is 1.86 bits per heavy atom. The van der Waals surface area contributed by atoms with Gasteiger partial charge in [-0.25, -0.2) is 0 Å². The van der Waals surface area contributed by atoms with Gasteiger partial charge < -0.3 is 4.90 Å². The maximum atomic E-state index is 12.3. The smallest absolute Gasteiger partial charge is 0.137 e. The van der Waals surface area contributed by atoms with Crippen LogP contribution in [-0.4, -0.2) is 30.9 Å². The lowest BCUT2D eigenvalue weighted by atomic mass is 9.79. The van der Waals surface area contributed by atoms with Gasteiger partial charge in [0.25, 0.3) is 0 Å². The van der Waals surface area contributed by atoms with Crippen LogP contribution in [0.2, 0.25) is 0 Å². The van der Waals surface area contributed by atoms with E-state index in [-0.39, 0.29) is 5.92 Å². The van der Waals surface area contributed by atoms with Crippen molar-refractivity contribution in [2.24, 2.45) is 11.8 Å². The lowest BCUT2D eigenvalue weighted by Gasteiger charge is -2.33. The van der Waals surface area contributed by atoms with Gasteiger partial charge in [0.2, 0.25) is 0 Å². The van der Waals surface area contributed by atoms with Crippen LogP contribution in [0.1, 0.15) is 45.1 Å². The van der Waals surface area contributed by atoms with Crippen LogP contribution in [0.15, 0.2) is 48.6 Å². The molecule has 3 rings (SSSR count). The van der Waals surface area contributed by atoms with Gasteiger partial charge in [0.1, 0.15) is 5.78 Å². The highest BCUT2D eigenvalue weighted by Crippen LogP contribution is 2.37. The SMILES string of the molecule is C=C(C)[C@H]1CC(=O)C(C)C(SCCCCc2cccc3c(N(C)C)cccc23)C1. The van der Waals surface area contributed by atoms with Gasteiger partial charge in [-0.1, -0.05) is 49.4 Å². The van der Waals surface area contributed by atoms with E-state index in [0.717, 1.165) is 18.6 Å². The summed E-state index contributed by atoms with van der Waals surface area (Å²) in [5, 5.41) is 3.17. The Morgan fingerprint density at radius 3 is 2.59 bits per heavy atom. The molecule has 156 valence electrons. The number of aryl methyl sites for hydroxylation is 1. The van der Waals surface area contributed by atoms with E-state index < -0.39 is 0 Å². The number of hydrogen-bond donors (Lipinski definition) is 0. The normalized spacial score (nSPS) is 22.1. The number of allylic oxidation sites excluding steroid dienone is 1. The Hall–Kier alpha value is -1.74. The van der Waals surface area contributed by atoms with E-state index in [4.69, 9.17) is 0 Å². The number of unbranched alkanes of at least 4 members (excludes halogenated alkanes) is 1. The second-order valence-electron chi connectivity index (χ2n) is 8.79. The number of thioether (sulfide) groups is 1. The fourth-order valence-electron chi connectivity index (χ4n) is 4.41. The molecule has 0 spiro atoms. The van der Waals surface area contributed by atoms with Crippen molar-refractivity contribution in [2.45, 2.75) is 51.2 Å². The van der Waals surface area contributed by atoms with Crippen LogP contribution in [0.4, 0.5) is 5.69 Å². The van der Waals surface area contributed by atoms with E-state index >= 15 is 0 Å². The average molecular weight is 410 g/mol. The number of anilines is 1. The molecule has 0 aromatic heterocycles. The van der Waals surface area contributed by atoms with E-state index in [1.807, 2.05) is 11.8 Å². The molecular formula is C26H35NOS. The van der Waals surface area contributed by atoms with Crippen molar-refractivity contribution in [3.63, 3.8) is 0 Å². The number of Topliss-reactive ketones (excluding diaryl/α,β-unsaturated/α-hetero) is 1. The number of rotatable bonds is 8. The van der Waals surface area contributed by atoms with Crippen molar-refractivity contribution >= 4 is 34.0 Å². The van der Waals surface area contributed by atoms with Crippen LogP contribution >= 0.6 is 11.8 Å². The van der Waals surface area contributed by atoms with E-state index in [0.29, 0.717) is 23.4 Å². The molecule has 0 N–H and O–H groups in total. The van der Waals surface area contributed by atoms with Gasteiger partial charge >= 0.3 is 0 Å². The minimum Gasteiger partial charge on any atom is -0.377 e. The summed E-state index contributed by atoms with van der Waals surface area (Å²) >= 11 is 2.01. The number of ketones is 1. The highest BCUT2D eigenvalue weighted by Gasteiger charge is 2.34. The standard InChI is InChI=1S/C26H35NOS/c1-18(2)21-16-25(28)19(3)26(17-21)29-15-7-6-10-20-11-8-13-23-22(20)12-9-14-24(23)27(4)5/h8-9,11-14,19,21,26H,1,6-7,10,15-17H2,2-5H3/t19?,21-,26?/m0/s1. The third kappa shape index (κ3) is 5.25. The second kappa shape index (κ2) is 9.84. The van der Waals surface area contributed by atoms with Gasteiger partial charge in [-0.05, 0) is 61.3 Å². The molecule has 2 aromatic carbocycles. The molecule has 0 aliphatic heterocycles. The number of carbonyl (C=O) groups excluding carboxylic acids is 1. The summed E-state index contributed by atoms with van der Waals surface area (Å²) in [7, 11) is 4.21. The fraction of sp³-hybridized carbons (Fsp3) is 0.500. The molecule has 0 amide bonds. The second-order valence-corrected chi connectivity index (χ2v) is 10.1. The Labute approximate surface area is 180 Å². The van der Waals surface area contributed by atoms with E-state index in [2.05, 4.69) is 75.8 Å². The first kappa shape index (κ1) is 22.0. The van der Waals surface area contributed by atoms with Crippen molar-refractivity contribution in [1.82, 2.24) is 0 Å². The summed E-state index contributed by atoms with van der Waals surface area (Å²) in [6.07, 6.45) is 5.32. The molecule has 1 aliphatic carbocycles. The maximum Gasteiger partial charge on any atom is 0.137 e. The van der Waals surface area contributed by atoms with E-state index in [1.54, 1.807) is 0 Å². The number of hydrogen-bond acceptors (Lipinski definition) is 3. The number of benzene rings is 2. The topological polar surface area (TPSA) is 20.3 Å². The average Bonchev–Trinajstić information content (AvgIpc) is 2.69. The van der Waals surface area contributed by atoms with Crippen molar-refractivity contribution in [3.05, 3.63) is 54.1 Å². The highest BCUT2D eigenvalue weighted by molar-refractivity contribution is 7.99. The summed E-state index contributed by atoms with van der Waals surface area (Å²) in [5.74, 6) is 2.14. The minimum atomic E-state index is 0.193. The zero-order valence-corrected chi connectivity index (χ0v) is 19.2. The summed E-state index contributed by atoms with van der Waals surface area (Å²) in [4.78, 5) is 14.5. The van der Waals surface area contributed by atoms with Gasteiger partial charge in [-0.3, -0.25) is 4.79 Å². The first-order valence-electron chi connectivity index (χ1n) is 10.9. The third-order valence-electron chi connectivity index (χ3n) is 6.37. The minimum absolute atomic E-state index is 0.193. The van der Waals surface area contributed by atoms with Gasteiger partial charge in [0.05, 0.1) is 0 Å². The molecule has 3 heteroatoms. The molecule has 0 heterocycles. The van der Waals surface area contributed by atoms with Gasteiger partial charge in [0, 0.05) is 42.8 Å².